The van der Waals surface area contributed by atoms with Gasteiger partial charge in [-0.05, 0) is 18.2 Å². The number of alkyl halides is 3. The highest BCUT2D eigenvalue weighted by Crippen LogP contribution is 2.30. The molecular weight excluding hydrogens is 403 g/mol. The molecule has 3 rings (SSSR count). The highest BCUT2D eigenvalue weighted by atomic mass is 19.4. The number of nitrogens with one attached hydrogen (secondary N) is 2. The summed E-state index contributed by atoms with van der Waals surface area (Å²) in [6.07, 6.45) is -4.49. The van der Waals surface area contributed by atoms with E-state index in [0.717, 1.165) is 12.1 Å². The van der Waals surface area contributed by atoms with Gasteiger partial charge in [0.2, 0.25) is 11.9 Å². The van der Waals surface area contributed by atoms with Crippen LogP contribution in [0.3, 0.4) is 0 Å². The topological polar surface area (TPSA) is 95.5 Å². The van der Waals surface area contributed by atoms with Crippen molar-refractivity contribution in [2.24, 2.45) is 0 Å². The lowest BCUT2D eigenvalue weighted by Crippen LogP contribution is -2.38. The molecule has 0 saturated carbocycles. The predicted molar refractivity (Wildman–Crippen MR) is 104 cm³/mol. The first-order valence-electron chi connectivity index (χ1n) is 9.19. The van der Waals surface area contributed by atoms with E-state index in [2.05, 4.69) is 25.6 Å². The van der Waals surface area contributed by atoms with Crippen molar-refractivity contribution in [2.75, 3.05) is 55.5 Å². The third-order valence-corrected chi connectivity index (χ3v) is 4.21. The van der Waals surface area contributed by atoms with E-state index in [-0.39, 0.29) is 12.2 Å². The van der Waals surface area contributed by atoms with Gasteiger partial charge in [0.15, 0.2) is 5.82 Å². The van der Waals surface area contributed by atoms with Crippen LogP contribution in [0, 0.1) is 0 Å². The largest absolute Gasteiger partial charge is 0.416 e. The van der Waals surface area contributed by atoms with Crippen molar-refractivity contribution in [1.82, 2.24) is 20.3 Å². The number of morpholine rings is 1. The van der Waals surface area contributed by atoms with Gasteiger partial charge in [0.25, 0.3) is 0 Å². The fraction of sp³-hybridized carbons (Fsp3) is 0.444. The maximum absolute atomic E-state index is 12.8. The minimum atomic E-state index is -4.49. The molecule has 0 aliphatic carbocycles. The average molecular weight is 425 g/mol. The van der Waals surface area contributed by atoms with Gasteiger partial charge in [0.05, 0.1) is 25.3 Å². The average Bonchev–Trinajstić information content (AvgIpc) is 2.72. The Balaban J connectivity index is 1.67. The molecule has 0 spiro atoms. The van der Waals surface area contributed by atoms with Crippen LogP contribution in [0.25, 0.3) is 0 Å². The number of carbonyl (C=O) groups is 1. The summed E-state index contributed by atoms with van der Waals surface area (Å²) in [4.78, 5) is 28.9. The van der Waals surface area contributed by atoms with Crippen molar-refractivity contribution >= 4 is 23.6 Å². The van der Waals surface area contributed by atoms with Crippen molar-refractivity contribution in [3.05, 3.63) is 35.7 Å². The maximum Gasteiger partial charge on any atom is 0.416 e. The minimum Gasteiger partial charge on any atom is -0.378 e. The zero-order valence-corrected chi connectivity index (χ0v) is 16.5. The van der Waals surface area contributed by atoms with Crippen molar-refractivity contribution in [2.45, 2.75) is 12.7 Å². The van der Waals surface area contributed by atoms with Crippen molar-refractivity contribution in [1.29, 1.82) is 0 Å². The van der Waals surface area contributed by atoms with Crippen molar-refractivity contribution < 1.29 is 22.7 Å². The fourth-order valence-corrected chi connectivity index (χ4v) is 2.69. The second kappa shape index (κ2) is 9.11. The number of halogens is 3. The van der Waals surface area contributed by atoms with Gasteiger partial charge < -0.3 is 25.2 Å². The number of hydrogen-bond acceptors (Lipinski definition) is 7. The van der Waals surface area contributed by atoms with E-state index in [1.165, 1.54) is 12.1 Å². The number of carbonyl (C=O) groups excluding carboxylic acids is 1. The Morgan fingerprint density at radius 3 is 2.60 bits per heavy atom. The van der Waals surface area contributed by atoms with Crippen LogP contribution in [0.1, 0.15) is 11.4 Å². The lowest BCUT2D eigenvalue weighted by atomic mass is 10.2. The van der Waals surface area contributed by atoms with Gasteiger partial charge in [-0.1, -0.05) is 6.07 Å². The van der Waals surface area contributed by atoms with Gasteiger partial charge in [-0.25, -0.2) is 4.79 Å². The highest BCUT2D eigenvalue weighted by molar-refractivity contribution is 5.89. The number of ether oxygens (including phenoxy) is 1. The number of amides is 2. The lowest BCUT2D eigenvalue weighted by molar-refractivity contribution is -0.137. The Bertz CT molecular complexity index is 886. The fourth-order valence-electron chi connectivity index (χ4n) is 2.69. The quantitative estimate of drug-likeness (QED) is 0.758. The minimum absolute atomic E-state index is 0.0223. The molecule has 1 aliphatic heterocycles. The first kappa shape index (κ1) is 21.6. The number of benzene rings is 1. The number of urea groups is 1. The molecule has 0 atom stereocenters. The van der Waals surface area contributed by atoms with Crippen LogP contribution in [0.2, 0.25) is 0 Å². The molecule has 2 aromatic rings. The Kier molecular flexibility index (Phi) is 6.55. The number of rotatable bonds is 5. The summed E-state index contributed by atoms with van der Waals surface area (Å²) in [7, 11) is 3.58. The van der Waals surface area contributed by atoms with Gasteiger partial charge in [-0.15, -0.1) is 0 Å². The first-order valence-corrected chi connectivity index (χ1v) is 9.19. The van der Waals surface area contributed by atoms with Crippen LogP contribution in [-0.2, 0) is 17.5 Å². The van der Waals surface area contributed by atoms with E-state index < -0.39 is 17.8 Å². The van der Waals surface area contributed by atoms with Crippen LogP contribution in [0.4, 0.5) is 35.5 Å². The number of nitrogens with zero attached hydrogens (tertiary/aromatic N) is 5. The molecule has 0 radical (unpaired) electrons. The molecule has 1 fully saturated rings. The van der Waals surface area contributed by atoms with Crippen molar-refractivity contribution in [3.63, 3.8) is 0 Å². The number of hydrogen-bond donors (Lipinski definition) is 2. The Hall–Kier alpha value is -3.15. The molecular formula is C18H22F3N7O2. The van der Waals surface area contributed by atoms with E-state index in [1.54, 1.807) is 19.0 Å². The molecule has 2 amide bonds. The smallest absolute Gasteiger partial charge is 0.378 e. The Morgan fingerprint density at radius 1 is 1.20 bits per heavy atom. The molecule has 0 unspecified atom stereocenters. The first-order chi connectivity index (χ1) is 14.2. The predicted octanol–water partition coefficient (Wildman–Crippen LogP) is 2.11. The van der Waals surface area contributed by atoms with E-state index in [4.69, 9.17) is 4.74 Å². The molecule has 12 heteroatoms. The third-order valence-electron chi connectivity index (χ3n) is 4.21. The molecule has 1 aliphatic rings. The van der Waals surface area contributed by atoms with Crippen LogP contribution in [0.15, 0.2) is 24.3 Å². The second-order valence-electron chi connectivity index (χ2n) is 6.73. The summed E-state index contributed by atoms with van der Waals surface area (Å²) in [5.74, 6) is 1.24. The molecule has 1 aromatic heterocycles. The van der Waals surface area contributed by atoms with Crippen molar-refractivity contribution in [3.8, 4) is 0 Å². The van der Waals surface area contributed by atoms with Crippen LogP contribution < -0.4 is 20.4 Å². The SMILES string of the molecule is CN(C)c1nc(CNC(=O)Nc2cccc(C(F)(F)F)c2)nc(N2CCOCC2)n1. The number of aromatic nitrogens is 3. The molecule has 1 saturated heterocycles. The van der Waals surface area contributed by atoms with Gasteiger partial charge in [0.1, 0.15) is 0 Å². The zero-order valence-electron chi connectivity index (χ0n) is 16.5. The van der Waals surface area contributed by atoms with E-state index >= 15 is 0 Å². The summed E-state index contributed by atoms with van der Waals surface area (Å²) < 4.78 is 43.7. The monoisotopic (exact) mass is 425 g/mol. The summed E-state index contributed by atoms with van der Waals surface area (Å²) in [6, 6.07) is 3.72. The van der Waals surface area contributed by atoms with Crippen LogP contribution >= 0.6 is 0 Å². The second-order valence-corrected chi connectivity index (χ2v) is 6.73. The maximum atomic E-state index is 12.8. The van der Waals surface area contributed by atoms with Gasteiger partial charge in [-0.2, -0.15) is 28.1 Å². The lowest BCUT2D eigenvalue weighted by Gasteiger charge is -2.27. The molecule has 2 N–H and O–H groups in total. The third kappa shape index (κ3) is 5.69. The van der Waals surface area contributed by atoms with E-state index in [9.17, 15) is 18.0 Å². The standard InChI is InChI=1S/C18H22F3N7O2/c1-27(2)15-24-14(25-16(26-15)28-6-8-30-9-7-28)11-22-17(29)23-13-5-3-4-12(10-13)18(19,20)21/h3-5,10H,6-9,11H2,1-2H3,(H2,22,23,29). The van der Waals surface area contributed by atoms with Crippen LogP contribution in [-0.4, -0.2) is 61.4 Å². The molecule has 2 heterocycles. The van der Waals surface area contributed by atoms with E-state index in [1.807, 2.05) is 4.90 Å². The molecule has 1 aromatic carbocycles. The zero-order chi connectivity index (χ0) is 21.7. The summed E-state index contributed by atoms with van der Waals surface area (Å²) in [5.41, 5.74) is -0.815. The van der Waals surface area contributed by atoms with Crippen LogP contribution in [0.5, 0.6) is 0 Å². The van der Waals surface area contributed by atoms with E-state index in [0.29, 0.717) is 44.0 Å². The number of anilines is 3. The normalized spacial score (nSPS) is 14.4. The summed E-state index contributed by atoms with van der Waals surface area (Å²) >= 11 is 0. The molecule has 0 bridgehead atoms. The summed E-state index contributed by atoms with van der Waals surface area (Å²) in [5, 5.41) is 4.94. The van der Waals surface area contributed by atoms with Gasteiger partial charge >= 0.3 is 12.2 Å². The molecule has 30 heavy (non-hydrogen) atoms. The molecule has 9 nitrogen and oxygen atoms in total. The Morgan fingerprint density at radius 2 is 1.93 bits per heavy atom. The Labute approximate surface area is 171 Å². The summed E-state index contributed by atoms with van der Waals surface area (Å²) in [6.45, 7) is 2.39. The van der Waals surface area contributed by atoms with Gasteiger partial charge in [0, 0.05) is 32.9 Å². The van der Waals surface area contributed by atoms with Gasteiger partial charge in [-0.3, -0.25) is 0 Å². The highest BCUT2D eigenvalue weighted by Gasteiger charge is 2.30. The molecule has 162 valence electrons.